The molecule has 1 aliphatic carbocycles. The molecule has 2 rings (SSSR count). The highest BCUT2D eigenvalue weighted by Gasteiger charge is 2.39. The molecule has 1 saturated carbocycles. The predicted octanol–water partition coefficient (Wildman–Crippen LogP) is 3.10. The topological polar surface area (TPSA) is 42.4 Å². The van der Waals surface area contributed by atoms with E-state index in [1.807, 2.05) is 12.1 Å². The molecule has 1 atom stereocenters. The SMILES string of the molecule is COC1(C(O)Cc2ccc(Br)cn2)CCCCC1. The summed E-state index contributed by atoms with van der Waals surface area (Å²) in [6.45, 7) is 0. The highest BCUT2D eigenvalue weighted by molar-refractivity contribution is 9.10. The lowest BCUT2D eigenvalue weighted by molar-refractivity contribution is -0.122. The van der Waals surface area contributed by atoms with Crippen LogP contribution in [0.3, 0.4) is 0 Å². The van der Waals surface area contributed by atoms with Crippen LogP contribution in [0, 0.1) is 0 Å². The molecule has 3 nitrogen and oxygen atoms in total. The molecule has 18 heavy (non-hydrogen) atoms. The van der Waals surface area contributed by atoms with Gasteiger partial charge >= 0.3 is 0 Å². The minimum absolute atomic E-state index is 0.368. The van der Waals surface area contributed by atoms with Crippen molar-refractivity contribution in [3.05, 3.63) is 28.5 Å². The lowest BCUT2D eigenvalue weighted by Crippen LogP contribution is -2.47. The van der Waals surface area contributed by atoms with Gasteiger partial charge in [0, 0.05) is 29.9 Å². The molecule has 1 aliphatic rings. The van der Waals surface area contributed by atoms with Gasteiger partial charge < -0.3 is 9.84 Å². The second kappa shape index (κ2) is 6.13. The van der Waals surface area contributed by atoms with Gasteiger partial charge in [-0.15, -0.1) is 0 Å². The zero-order valence-corrected chi connectivity index (χ0v) is 12.3. The average Bonchev–Trinajstić information content (AvgIpc) is 2.42. The highest BCUT2D eigenvalue weighted by Crippen LogP contribution is 2.35. The van der Waals surface area contributed by atoms with Crippen molar-refractivity contribution in [2.75, 3.05) is 7.11 Å². The van der Waals surface area contributed by atoms with Gasteiger partial charge in [0.15, 0.2) is 0 Å². The summed E-state index contributed by atoms with van der Waals surface area (Å²) in [5, 5.41) is 10.5. The van der Waals surface area contributed by atoms with E-state index < -0.39 is 6.10 Å². The molecule has 1 aromatic rings. The number of nitrogens with zero attached hydrogens (tertiary/aromatic N) is 1. The van der Waals surface area contributed by atoms with Gasteiger partial charge in [0.25, 0.3) is 0 Å². The Morgan fingerprint density at radius 1 is 1.39 bits per heavy atom. The minimum Gasteiger partial charge on any atom is -0.390 e. The van der Waals surface area contributed by atoms with Crippen LogP contribution in [-0.2, 0) is 11.2 Å². The van der Waals surface area contributed by atoms with Crippen molar-refractivity contribution in [3.63, 3.8) is 0 Å². The summed E-state index contributed by atoms with van der Waals surface area (Å²) in [6.07, 6.45) is 7.26. The third-order valence-electron chi connectivity index (χ3n) is 3.90. The van der Waals surface area contributed by atoms with Gasteiger partial charge in [-0.25, -0.2) is 0 Å². The first-order valence-corrected chi connectivity index (χ1v) is 7.29. The van der Waals surface area contributed by atoms with E-state index in [2.05, 4.69) is 20.9 Å². The first-order valence-electron chi connectivity index (χ1n) is 6.50. The molecule has 0 aromatic carbocycles. The normalized spacial score (nSPS) is 20.6. The summed E-state index contributed by atoms with van der Waals surface area (Å²) in [5.41, 5.74) is 0.542. The van der Waals surface area contributed by atoms with Crippen LogP contribution in [-0.4, -0.2) is 28.9 Å². The van der Waals surface area contributed by atoms with Gasteiger partial charge in [-0.1, -0.05) is 19.3 Å². The summed E-state index contributed by atoms with van der Waals surface area (Å²) < 4.78 is 6.61. The van der Waals surface area contributed by atoms with Crippen LogP contribution in [0.2, 0.25) is 0 Å². The van der Waals surface area contributed by atoms with Crippen LogP contribution in [0.5, 0.6) is 0 Å². The Bertz CT molecular complexity index is 374. The van der Waals surface area contributed by atoms with Crippen LogP contribution >= 0.6 is 15.9 Å². The van der Waals surface area contributed by atoms with Gasteiger partial charge in [-0.2, -0.15) is 0 Å². The van der Waals surface area contributed by atoms with Crippen molar-refractivity contribution >= 4 is 15.9 Å². The van der Waals surface area contributed by atoms with Crippen LogP contribution in [0.15, 0.2) is 22.8 Å². The highest BCUT2D eigenvalue weighted by atomic mass is 79.9. The molecule has 0 aliphatic heterocycles. The maximum absolute atomic E-state index is 10.5. The van der Waals surface area contributed by atoms with Crippen molar-refractivity contribution < 1.29 is 9.84 Å². The fourth-order valence-electron chi connectivity index (χ4n) is 2.73. The Morgan fingerprint density at radius 3 is 2.67 bits per heavy atom. The number of ether oxygens (including phenoxy) is 1. The Kier molecular flexibility index (Phi) is 4.76. The molecule has 1 unspecified atom stereocenters. The summed E-state index contributed by atoms with van der Waals surface area (Å²) in [4.78, 5) is 4.32. The zero-order valence-electron chi connectivity index (χ0n) is 10.7. The smallest absolute Gasteiger partial charge is 0.0940 e. The van der Waals surface area contributed by atoms with Crippen molar-refractivity contribution in [3.8, 4) is 0 Å². The van der Waals surface area contributed by atoms with Crippen LogP contribution in [0.4, 0.5) is 0 Å². The first-order chi connectivity index (χ1) is 8.66. The van der Waals surface area contributed by atoms with E-state index in [-0.39, 0.29) is 5.60 Å². The number of hydrogen-bond acceptors (Lipinski definition) is 3. The largest absolute Gasteiger partial charge is 0.390 e. The van der Waals surface area contributed by atoms with Crippen LogP contribution in [0.25, 0.3) is 0 Å². The second-order valence-corrected chi connectivity index (χ2v) is 5.93. The Hall–Kier alpha value is -0.450. The van der Waals surface area contributed by atoms with Crippen molar-refractivity contribution in [1.29, 1.82) is 0 Å². The third-order valence-corrected chi connectivity index (χ3v) is 4.37. The number of aromatic nitrogens is 1. The molecule has 0 radical (unpaired) electrons. The minimum atomic E-state index is -0.475. The van der Waals surface area contributed by atoms with Gasteiger partial charge in [0.2, 0.25) is 0 Å². The fourth-order valence-corrected chi connectivity index (χ4v) is 2.97. The molecule has 100 valence electrons. The van der Waals surface area contributed by atoms with E-state index in [0.29, 0.717) is 6.42 Å². The van der Waals surface area contributed by atoms with Crippen LogP contribution in [0.1, 0.15) is 37.8 Å². The van der Waals surface area contributed by atoms with E-state index in [4.69, 9.17) is 4.74 Å². The van der Waals surface area contributed by atoms with Gasteiger partial charge in [-0.3, -0.25) is 4.98 Å². The first kappa shape index (κ1) is 14.0. The number of pyridine rings is 1. The van der Waals surface area contributed by atoms with Crippen molar-refractivity contribution in [1.82, 2.24) is 4.98 Å². The lowest BCUT2D eigenvalue weighted by atomic mass is 9.79. The van der Waals surface area contributed by atoms with Crippen molar-refractivity contribution in [2.45, 2.75) is 50.2 Å². The molecule has 0 spiro atoms. The molecule has 1 aromatic heterocycles. The number of hydrogen-bond donors (Lipinski definition) is 1. The molecule has 1 heterocycles. The number of methoxy groups -OCH3 is 1. The molecule has 0 saturated heterocycles. The standard InChI is InChI=1S/C14H20BrNO2/c1-18-14(7-3-2-4-8-14)13(17)9-12-6-5-11(15)10-16-12/h5-6,10,13,17H,2-4,7-9H2,1H3. The van der Waals surface area contributed by atoms with E-state index >= 15 is 0 Å². The Morgan fingerprint density at radius 2 is 2.11 bits per heavy atom. The quantitative estimate of drug-likeness (QED) is 0.928. The summed E-state index contributed by atoms with van der Waals surface area (Å²) in [7, 11) is 1.71. The molecule has 0 bridgehead atoms. The Labute approximate surface area is 117 Å². The van der Waals surface area contributed by atoms with E-state index in [9.17, 15) is 5.11 Å². The molecular weight excluding hydrogens is 294 g/mol. The van der Waals surface area contributed by atoms with Gasteiger partial charge in [0.05, 0.1) is 11.7 Å². The van der Waals surface area contributed by atoms with E-state index in [1.54, 1.807) is 13.3 Å². The van der Waals surface area contributed by atoms with E-state index in [0.717, 1.165) is 35.8 Å². The fraction of sp³-hybridized carbons (Fsp3) is 0.643. The average molecular weight is 314 g/mol. The molecular formula is C14H20BrNO2. The monoisotopic (exact) mass is 313 g/mol. The molecule has 1 fully saturated rings. The zero-order chi connectivity index (χ0) is 13.0. The maximum atomic E-state index is 10.5. The number of aliphatic hydroxyl groups excluding tert-OH is 1. The second-order valence-electron chi connectivity index (χ2n) is 5.02. The molecule has 1 N–H and O–H groups in total. The van der Waals surface area contributed by atoms with Crippen LogP contribution < -0.4 is 0 Å². The summed E-state index contributed by atoms with van der Waals surface area (Å²) in [5.74, 6) is 0. The number of halogens is 1. The van der Waals surface area contributed by atoms with Gasteiger partial charge in [-0.05, 0) is 40.9 Å². The number of rotatable bonds is 4. The maximum Gasteiger partial charge on any atom is 0.0940 e. The Balaban J connectivity index is 2.05. The van der Waals surface area contributed by atoms with E-state index in [1.165, 1.54) is 6.42 Å². The van der Waals surface area contributed by atoms with Crippen molar-refractivity contribution in [2.24, 2.45) is 0 Å². The molecule has 0 amide bonds. The summed E-state index contributed by atoms with van der Waals surface area (Å²) >= 11 is 3.36. The third kappa shape index (κ3) is 3.11. The lowest BCUT2D eigenvalue weighted by Gasteiger charge is -2.39. The molecule has 4 heteroatoms. The van der Waals surface area contributed by atoms with Gasteiger partial charge in [0.1, 0.15) is 0 Å². The summed E-state index contributed by atoms with van der Waals surface area (Å²) in [6, 6.07) is 3.90. The number of aliphatic hydroxyl groups is 1. The predicted molar refractivity (Wildman–Crippen MR) is 74.5 cm³/mol.